The summed E-state index contributed by atoms with van der Waals surface area (Å²) in [6.45, 7) is 0.305. The number of hydrogen-bond donors (Lipinski definition) is 2. The minimum atomic E-state index is -0.965. The van der Waals surface area contributed by atoms with Crippen molar-refractivity contribution in [2.45, 2.75) is 19.4 Å². The van der Waals surface area contributed by atoms with Crippen molar-refractivity contribution in [1.82, 2.24) is 5.32 Å². The van der Waals surface area contributed by atoms with Crippen molar-refractivity contribution in [1.29, 1.82) is 0 Å². The first kappa shape index (κ1) is 19.6. The van der Waals surface area contributed by atoms with Gasteiger partial charge >= 0.3 is 5.97 Å². The molecule has 2 N–H and O–H groups in total. The molecule has 140 valence electrons. The van der Waals surface area contributed by atoms with Gasteiger partial charge in [0, 0.05) is 11.3 Å². The quantitative estimate of drug-likeness (QED) is 0.696. The van der Waals surface area contributed by atoms with Crippen molar-refractivity contribution in [2.75, 3.05) is 21.3 Å². The number of aryl methyl sites for hydroxylation is 1. The smallest absolute Gasteiger partial charge is 0.345 e. The number of aromatic carboxylic acids is 1. The van der Waals surface area contributed by atoms with E-state index in [9.17, 15) is 9.59 Å². The predicted octanol–water partition coefficient (Wildman–Crippen LogP) is 2.72. The molecule has 0 radical (unpaired) electrons. The van der Waals surface area contributed by atoms with E-state index in [4.69, 9.17) is 19.3 Å². The molecule has 0 saturated carbocycles. The Bertz CT molecular complexity index is 786. The molecular formula is C18H21NO6S. The lowest BCUT2D eigenvalue weighted by molar-refractivity contribution is -0.121. The highest BCUT2D eigenvalue weighted by Crippen LogP contribution is 2.40. The maximum absolute atomic E-state index is 12.1. The van der Waals surface area contributed by atoms with Crippen LogP contribution in [0.2, 0.25) is 0 Å². The highest BCUT2D eigenvalue weighted by atomic mass is 32.1. The molecule has 1 amide bonds. The van der Waals surface area contributed by atoms with E-state index in [-0.39, 0.29) is 17.2 Å². The number of thiophene rings is 1. The fourth-order valence-corrected chi connectivity index (χ4v) is 3.26. The van der Waals surface area contributed by atoms with E-state index in [1.54, 1.807) is 19.2 Å². The van der Waals surface area contributed by atoms with Crippen molar-refractivity contribution in [3.63, 3.8) is 0 Å². The van der Waals surface area contributed by atoms with Gasteiger partial charge in [-0.2, -0.15) is 0 Å². The Morgan fingerprint density at radius 1 is 1.04 bits per heavy atom. The van der Waals surface area contributed by atoms with Crippen LogP contribution in [-0.4, -0.2) is 38.3 Å². The average molecular weight is 379 g/mol. The van der Waals surface area contributed by atoms with Gasteiger partial charge in [0.25, 0.3) is 0 Å². The van der Waals surface area contributed by atoms with Gasteiger partial charge in [0.1, 0.15) is 4.88 Å². The van der Waals surface area contributed by atoms with Crippen molar-refractivity contribution >= 4 is 23.2 Å². The number of amides is 1. The van der Waals surface area contributed by atoms with Crippen LogP contribution in [0.4, 0.5) is 0 Å². The Balaban J connectivity index is 1.95. The lowest BCUT2D eigenvalue weighted by atomic mass is 10.1. The molecule has 0 spiro atoms. The fourth-order valence-electron chi connectivity index (χ4n) is 2.47. The first-order valence-corrected chi connectivity index (χ1v) is 8.68. The number of hydrogen-bond acceptors (Lipinski definition) is 6. The van der Waals surface area contributed by atoms with Gasteiger partial charge in [0.2, 0.25) is 11.7 Å². The van der Waals surface area contributed by atoms with Gasteiger partial charge in [0.15, 0.2) is 11.5 Å². The Morgan fingerprint density at radius 2 is 1.77 bits per heavy atom. The number of nitrogens with one attached hydrogen (secondary N) is 1. The standard InChI is InChI=1S/C18H21NO6S/c1-23-13-7-4-11(16(24-2)17(13)25-3)5-9-15(20)19-10-12-6-8-14(26-12)18(21)22/h4,6-8H,5,9-10H2,1-3H3,(H,19,20)(H,21,22). The van der Waals surface area contributed by atoms with Crippen molar-refractivity contribution in [3.05, 3.63) is 39.6 Å². The van der Waals surface area contributed by atoms with Crippen molar-refractivity contribution in [2.24, 2.45) is 0 Å². The molecule has 1 heterocycles. The Hall–Kier alpha value is -2.74. The highest BCUT2D eigenvalue weighted by molar-refractivity contribution is 7.13. The number of carboxylic acid groups (broad SMARTS) is 1. The summed E-state index contributed by atoms with van der Waals surface area (Å²) in [5.74, 6) is 0.501. The van der Waals surface area contributed by atoms with Crippen molar-refractivity contribution in [3.8, 4) is 17.2 Å². The molecule has 0 fully saturated rings. The number of carboxylic acids is 1. The first-order valence-electron chi connectivity index (χ1n) is 7.86. The number of methoxy groups -OCH3 is 3. The molecule has 0 unspecified atom stereocenters. The zero-order chi connectivity index (χ0) is 19.1. The third kappa shape index (κ3) is 4.66. The predicted molar refractivity (Wildman–Crippen MR) is 97.5 cm³/mol. The molecule has 0 aliphatic heterocycles. The fraction of sp³-hybridized carbons (Fsp3) is 0.333. The third-order valence-electron chi connectivity index (χ3n) is 3.74. The lowest BCUT2D eigenvalue weighted by Gasteiger charge is -2.15. The van der Waals surface area contributed by atoms with E-state index in [1.807, 2.05) is 6.07 Å². The maximum Gasteiger partial charge on any atom is 0.345 e. The van der Waals surface area contributed by atoms with Crippen LogP contribution in [-0.2, 0) is 17.8 Å². The molecule has 1 aromatic heterocycles. The SMILES string of the molecule is COc1ccc(CCC(=O)NCc2ccc(C(=O)O)s2)c(OC)c1OC. The summed E-state index contributed by atoms with van der Waals surface area (Å²) in [4.78, 5) is 24.0. The van der Waals surface area contributed by atoms with E-state index in [2.05, 4.69) is 5.32 Å². The summed E-state index contributed by atoms with van der Waals surface area (Å²) in [6, 6.07) is 6.84. The molecule has 1 aromatic carbocycles. The largest absolute Gasteiger partial charge is 0.493 e. The van der Waals surface area contributed by atoms with Crippen LogP contribution in [0.5, 0.6) is 17.2 Å². The summed E-state index contributed by atoms with van der Waals surface area (Å²) in [7, 11) is 4.62. The Labute approximate surface area is 155 Å². The molecule has 0 aliphatic carbocycles. The molecule has 0 aliphatic rings. The molecule has 2 aromatic rings. The Morgan fingerprint density at radius 3 is 2.35 bits per heavy atom. The van der Waals surface area contributed by atoms with Gasteiger partial charge in [-0.3, -0.25) is 4.79 Å². The molecule has 7 nitrogen and oxygen atoms in total. The van der Waals surface area contributed by atoms with E-state index >= 15 is 0 Å². The summed E-state index contributed by atoms with van der Waals surface area (Å²) in [5, 5.41) is 11.7. The van der Waals surface area contributed by atoms with Crippen LogP contribution >= 0.6 is 11.3 Å². The third-order valence-corrected chi connectivity index (χ3v) is 4.81. The maximum atomic E-state index is 12.1. The van der Waals surface area contributed by atoms with E-state index < -0.39 is 5.97 Å². The van der Waals surface area contributed by atoms with Gasteiger partial charge in [-0.25, -0.2) is 4.79 Å². The molecular weight excluding hydrogens is 358 g/mol. The minimum Gasteiger partial charge on any atom is -0.493 e. The van der Waals surface area contributed by atoms with E-state index in [0.717, 1.165) is 21.8 Å². The van der Waals surface area contributed by atoms with Crippen LogP contribution in [0.3, 0.4) is 0 Å². The van der Waals surface area contributed by atoms with Crippen LogP contribution in [0.15, 0.2) is 24.3 Å². The molecule has 0 atom stereocenters. The topological polar surface area (TPSA) is 94.1 Å². The van der Waals surface area contributed by atoms with Crippen LogP contribution in [0.25, 0.3) is 0 Å². The van der Waals surface area contributed by atoms with Gasteiger partial charge < -0.3 is 24.6 Å². The summed E-state index contributed by atoms with van der Waals surface area (Å²) in [6.07, 6.45) is 0.739. The molecule has 8 heteroatoms. The van der Waals surface area contributed by atoms with Gasteiger partial charge in [-0.15, -0.1) is 11.3 Å². The number of benzene rings is 1. The zero-order valence-corrected chi connectivity index (χ0v) is 15.6. The summed E-state index contributed by atoms with van der Waals surface area (Å²) < 4.78 is 16.0. The van der Waals surface area contributed by atoms with Crippen LogP contribution < -0.4 is 19.5 Å². The Kier molecular flexibility index (Phi) is 6.85. The number of ether oxygens (including phenoxy) is 3. The molecule has 2 rings (SSSR count). The van der Waals surface area contributed by atoms with E-state index in [1.165, 1.54) is 20.3 Å². The first-order chi connectivity index (χ1) is 12.5. The monoisotopic (exact) mass is 379 g/mol. The normalized spacial score (nSPS) is 10.3. The van der Waals surface area contributed by atoms with Crippen LogP contribution in [0.1, 0.15) is 26.5 Å². The highest BCUT2D eigenvalue weighted by Gasteiger charge is 2.16. The second-order valence-corrected chi connectivity index (χ2v) is 6.51. The lowest BCUT2D eigenvalue weighted by Crippen LogP contribution is -2.22. The zero-order valence-electron chi connectivity index (χ0n) is 14.8. The van der Waals surface area contributed by atoms with E-state index in [0.29, 0.717) is 30.2 Å². The van der Waals surface area contributed by atoms with Gasteiger partial charge in [-0.1, -0.05) is 6.07 Å². The number of rotatable bonds is 9. The number of carbonyl (C=O) groups is 2. The summed E-state index contributed by atoms with van der Waals surface area (Å²) >= 11 is 1.15. The molecule has 26 heavy (non-hydrogen) atoms. The summed E-state index contributed by atoms with van der Waals surface area (Å²) in [5.41, 5.74) is 0.838. The molecule has 0 bridgehead atoms. The molecule has 0 saturated heterocycles. The average Bonchev–Trinajstić information content (AvgIpc) is 3.13. The second kappa shape index (κ2) is 9.10. The number of carbonyl (C=O) groups excluding carboxylic acids is 1. The van der Waals surface area contributed by atoms with Crippen LogP contribution in [0, 0.1) is 0 Å². The van der Waals surface area contributed by atoms with Gasteiger partial charge in [-0.05, 0) is 30.2 Å². The minimum absolute atomic E-state index is 0.132. The van der Waals surface area contributed by atoms with Gasteiger partial charge in [0.05, 0.1) is 27.9 Å². The second-order valence-electron chi connectivity index (χ2n) is 5.34. The van der Waals surface area contributed by atoms with Crippen molar-refractivity contribution < 1.29 is 28.9 Å².